The van der Waals surface area contributed by atoms with Gasteiger partial charge in [-0.05, 0) is 47.6 Å². The smallest absolute Gasteiger partial charge is 0.0501 e. The number of para-hydroxylation sites is 1. The lowest BCUT2D eigenvalue weighted by atomic mass is 10.3. The van der Waals surface area contributed by atoms with Crippen LogP contribution in [0, 0.1) is 3.57 Å². The Bertz CT molecular complexity index is 266. The van der Waals surface area contributed by atoms with Crippen LogP contribution in [0.4, 0.5) is 5.69 Å². The third kappa shape index (κ3) is 1.58. The number of anilines is 1. The third-order valence-corrected chi connectivity index (χ3v) is 3.21. The summed E-state index contributed by atoms with van der Waals surface area (Å²) in [7, 11) is 0. The first-order valence-corrected chi connectivity index (χ1v) is 5.45. The van der Waals surface area contributed by atoms with Crippen molar-refractivity contribution in [3.63, 3.8) is 0 Å². The van der Waals surface area contributed by atoms with Crippen LogP contribution in [-0.4, -0.2) is 13.1 Å². The minimum atomic E-state index is 1.24. The molecule has 0 radical (unpaired) electrons. The minimum Gasteiger partial charge on any atom is -0.371 e. The molecule has 0 N–H and O–H groups in total. The summed E-state index contributed by atoms with van der Waals surface area (Å²) in [5.74, 6) is 0. The summed E-state index contributed by atoms with van der Waals surface area (Å²) in [4.78, 5) is 2.47. The molecule has 0 unspecified atom stereocenters. The van der Waals surface area contributed by atoms with Crippen molar-refractivity contribution in [1.82, 2.24) is 0 Å². The molecule has 1 aliphatic rings. The Balaban J connectivity index is 2.26. The fourth-order valence-corrected chi connectivity index (χ4v) is 2.39. The molecule has 0 aliphatic carbocycles. The van der Waals surface area contributed by atoms with E-state index in [0.29, 0.717) is 0 Å². The number of hydrogen-bond acceptors (Lipinski definition) is 1. The average Bonchev–Trinajstić information content (AvgIpc) is 2.57. The Labute approximate surface area is 86.9 Å². The highest BCUT2D eigenvalue weighted by molar-refractivity contribution is 14.1. The molecule has 0 spiro atoms. The summed E-state index contributed by atoms with van der Waals surface area (Å²) >= 11 is 2.41. The zero-order valence-corrected chi connectivity index (χ0v) is 9.12. The predicted molar refractivity (Wildman–Crippen MR) is 60.6 cm³/mol. The molecule has 64 valence electrons. The van der Waals surface area contributed by atoms with Crippen LogP contribution < -0.4 is 4.90 Å². The molecular formula is C10H12IN. The van der Waals surface area contributed by atoms with E-state index < -0.39 is 0 Å². The normalized spacial score (nSPS) is 16.9. The standard InChI is InChI=1S/C10H12IN/c11-9-5-1-2-6-10(9)12-7-3-4-8-12/h1-2,5-6H,3-4,7-8H2. The van der Waals surface area contributed by atoms with E-state index in [9.17, 15) is 0 Å². The number of hydrogen-bond donors (Lipinski definition) is 0. The van der Waals surface area contributed by atoms with Gasteiger partial charge in [0.25, 0.3) is 0 Å². The van der Waals surface area contributed by atoms with Gasteiger partial charge in [0.2, 0.25) is 0 Å². The molecule has 0 saturated carbocycles. The van der Waals surface area contributed by atoms with Gasteiger partial charge in [-0.15, -0.1) is 0 Å². The largest absolute Gasteiger partial charge is 0.371 e. The van der Waals surface area contributed by atoms with Crippen molar-refractivity contribution in [2.75, 3.05) is 18.0 Å². The molecule has 1 aromatic carbocycles. The van der Waals surface area contributed by atoms with E-state index in [4.69, 9.17) is 0 Å². The topological polar surface area (TPSA) is 3.24 Å². The van der Waals surface area contributed by atoms with E-state index in [-0.39, 0.29) is 0 Å². The molecule has 1 aliphatic heterocycles. The van der Waals surface area contributed by atoms with E-state index >= 15 is 0 Å². The lowest BCUT2D eigenvalue weighted by Gasteiger charge is -2.18. The van der Waals surface area contributed by atoms with E-state index in [1.807, 2.05) is 0 Å². The van der Waals surface area contributed by atoms with Crippen molar-refractivity contribution in [3.8, 4) is 0 Å². The first-order chi connectivity index (χ1) is 5.88. The SMILES string of the molecule is Ic1ccccc1N1CCCC1. The van der Waals surface area contributed by atoms with Gasteiger partial charge < -0.3 is 4.90 Å². The molecule has 1 nitrogen and oxygen atoms in total. The number of benzene rings is 1. The van der Waals surface area contributed by atoms with Crippen LogP contribution >= 0.6 is 22.6 Å². The molecule has 1 heterocycles. The summed E-state index contributed by atoms with van der Waals surface area (Å²) < 4.78 is 1.37. The predicted octanol–water partition coefficient (Wildman–Crippen LogP) is 2.89. The average molecular weight is 273 g/mol. The fourth-order valence-electron chi connectivity index (χ4n) is 1.67. The molecule has 0 aromatic heterocycles. The Morgan fingerprint density at radius 2 is 1.75 bits per heavy atom. The molecule has 1 saturated heterocycles. The van der Waals surface area contributed by atoms with Crippen LogP contribution in [0.5, 0.6) is 0 Å². The van der Waals surface area contributed by atoms with Crippen molar-refractivity contribution < 1.29 is 0 Å². The highest BCUT2D eigenvalue weighted by atomic mass is 127. The summed E-state index contributed by atoms with van der Waals surface area (Å²) in [6.45, 7) is 2.47. The quantitative estimate of drug-likeness (QED) is 0.711. The first kappa shape index (κ1) is 8.35. The Kier molecular flexibility index (Phi) is 2.54. The monoisotopic (exact) mass is 273 g/mol. The maximum atomic E-state index is 2.47. The Morgan fingerprint density at radius 3 is 2.42 bits per heavy atom. The van der Waals surface area contributed by atoms with Crippen molar-refractivity contribution >= 4 is 28.3 Å². The second kappa shape index (κ2) is 3.64. The van der Waals surface area contributed by atoms with E-state index in [0.717, 1.165) is 0 Å². The zero-order chi connectivity index (χ0) is 8.39. The zero-order valence-electron chi connectivity index (χ0n) is 6.96. The molecule has 0 bridgehead atoms. The number of halogens is 1. The van der Waals surface area contributed by atoms with Gasteiger partial charge >= 0.3 is 0 Å². The lowest BCUT2D eigenvalue weighted by molar-refractivity contribution is 0.949. The van der Waals surface area contributed by atoms with Gasteiger partial charge in [0, 0.05) is 16.7 Å². The minimum absolute atomic E-state index is 1.24. The lowest BCUT2D eigenvalue weighted by Crippen LogP contribution is -2.18. The molecule has 12 heavy (non-hydrogen) atoms. The molecule has 2 rings (SSSR count). The van der Waals surface area contributed by atoms with Gasteiger partial charge in [-0.3, -0.25) is 0 Å². The molecule has 0 amide bonds. The molecule has 1 fully saturated rings. The molecule has 0 atom stereocenters. The highest BCUT2D eigenvalue weighted by Crippen LogP contribution is 2.25. The summed E-state index contributed by atoms with van der Waals surface area (Å²) in [6.07, 6.45) is 2.70. The van der Waals surface area contributed by atoms with Gasteiger partial charge in [0.05, 0.1) is 5.69 Å². The van der Waals surface area contributed by atoms with E-state index in [1.54, 1.807) is 0 Å². The Morgan fingerprint density at radius 1 is 1.08 bits per heavy atom. The second-order valence-electron chi connectivity index (χ2n) is 3.15. The van der Waals surface area contributed by atoms with E-state index in [1.165, 1.54) is 35.2 Å². The van der Waals surface area contributed by atoms with Gasteiger partial charge in [-0.2, -0.15) is 0 Å². The van der Waals surface area contributed by atoms with Gasteiger partial charge in [-0.1, -0.05) is 12.1 Å². The molecule has 1 aromatic rings. The molecular weight excluding hydrogens is 261 g/mol. The van der Waals surface area contributed by atoms with Crippen LogP contribution in [0.1, 0.15) is 12.8 Å². The van der Waals surface area contributed by atoms with E-state index in [2.05, 4.69) is 51.8 Å². The first-order valence-electron chi connectivity index (χ1n) is 4.37. The van der Waals surface area contributed by atoms with Gasteiger partial charge in [0.1, 0.15) is 0 Å². The number of nitrogens with zero attached hydrogens (tertiary/aromatic N) is 1. The fraction of sp³-hybridized carbons (Fsp3) is 0.400. The maximum absolute atomic E-state index is 2.47. The van der Waals surface area contributed by atoms with Crippen LogP contribution in [0.3, 0.4) is 0 Å². The number of rotatable bonds is 1. The summed E-state index contributed by atoms with van der Waals surface area (Å²) in [5.41, 5.74) is 1.41. The molecule has 2 heteroatoms. The third-order valence-electron chi connectivity index (χ3n) is 2.30. The van der Waals surface area contributed by atoms with Crippen LogP contribution in [0.25, 0.3) is 0 Å². The highest BCUT2D eigenvalue weighted by Gasteiger charge is 2.13. The summed E-state index contributed by atoms with van der Waals surface area (Å²) in [5, 5.41) is 0. The van der Waals surface area contributed by atoms with Crippen molar-refractivity contribution in [1.29, 1.82) is 0 Å². The second-order valence-corrected chi connectivity index (χ2v) is 4.31. The Hall–Kier alpha value is -0.250. The summed E-state index contributed by atoms with van der Waals surface area (Å²) in [6, 6.07) is 8.61. The van der Waals surface area contributed by atoms with Crippen molar-refractivity contribution in [2.24, 2.45) is 0 Å². The maximum Gasteiger partial charge on any atom is 0.0501 e. The van der Waals surface area contributed by atoms with Crippen LogP contribution in [0.2, 0.25) is 0 Å². The van der Waals surface area contributed by atoms with Gasteiger partial charge in [0.15, 0.2) is 0 Å². The van der Waals surface area contributed by atoms with Crippen molar-refractivity contribution in [3.05, 3.63) is 27.8 Å². The van der Waals surface area contributed by atoms with Crippen LogP contribution in [0.15, 0.2) is 24.3 Å². The van der Waals surface area contributed by atoms with Gasteiger partial charge in [-0.25, -0.2) is 0 Å². The van der Waals surface area contributed by atoms with Crippen molar-refractivity contribution in [2.45, 2.75) is 12.8 Å². The van der Waals surface area contributed by atoms with Crippen LogP contribution in [-0.2, 0) is 0 Å².